The predicted octanol–water partition coefficient (Wildman–Crippen LogP) is 4.06. The number of hydrogen-bond donors (Lipinski definition) is 2. The normalized spacial score (nSPS) is 12.5. The summed E-state index contributed by atoms with van der Waals surface area (Å²) in [6, 6.07) is 18.1. The van der Waals surface area contributed by atoms with Crippen molar-refractivity contribution in [3.8, 4) is 17.6 Å². The van der Waals surface area contributed by atoms with Crippen LogP contribution in [0, 0.1) is 17.2 Å². The Balaban J connectivity index is 1.96. The van der Waals surface area contributed by atoms with Crippen molar-refractivity contribution in [2.75, 3.05) is 39.0 Å². The molecule has 0 saturated carbocycles. The van der Waals surface area contributed by atoms with Crippen LogP contribution < -0.4 is 10.1 Å². The Hall–Kier alpha value is -2.57. The Morgan fingerprint density at radius 1 is 1.03 bits per heavy atom. The van der Waals surface area contributed by atoms with Crippen molar-refractivity contribution < 1.29 is 23.7 Å². The lowest BCUT2D eigenvalue weighted by Crippen LogP contribution is -2.40. The summed E-state index contributed by atoms with van der Waals surface area (Å²) in [4.78, 5) is 12.8. The van der Waals surface area contributed by atoms with Crippen molar-refractivity contribution in [3.63, 3.8) is 0 Å². The minimum atomic E-state index is -0.258. The van der Waals surface area contributed by atoms with Gasteiger partial charge in [0.25, 0.3) is 5.91 Å². The lowest BCUT2D eigenvalue weighted by molar-refractivity contribution is -0.0569. The maximum Gasteiger partial charge on any atom is 0.251 e. The largest absolute Gasteiger partial charge is 0.457 e. The molecule has 7 nitrogen and oxygen atoms in total. The SMILES string of the molecule is CCOCOCC(CC(CS)COCC#N)NC(=O)c1ccc(Oc2ccccc2)cc1. The Kier molecular flexibility index (Phi) is 12.3. The zero-order chi connectivity index (χ0) is 23.0. The molecule has 2 aromatic carbocycles. The van der Waals surface area contributed by atoms with E-state index in [1.165, 1.54) is 0 Å². The minimum absolute atomic E-state index is 0.0273. The van der Waals surface area contributed by atoms with Crippen molar-refractivity contribution in [1.82, 2.24) is 5.32 Å². The maximum absolute atomic E-state index is 12.8. The first kappa shape index (κ1) is 25.7. The molecule has 32 heavy (non-hydrogen) atoms. The molecule has 0 bridgehead atoms. The fraction of sp³-hybridized carbons (Fsp3) is 0.417. The second kappa shape index (κ2) is 15.3. The molecule has 2 atom stereocenters. The van der Waals surface area contributed by atoms with Gasteiger partial charge >= 0.3 is 0 Å². The van der Waals surface area contributed by atoms with Crippen molar-refractivity contribution in [3.05, 3.63) is 60.2 Å². The minimum Gasteiger partial charge on any atom is -0.457 e. The number of carbonyl (C=O) groups is 1. The van der Waals surface area contributed by atoms with Crippen LogP contribution in [0.1, 0.15) is 23.7 Å². The predicted molar refractivity (Wildman–Crippen MR) is 125 cm³/mol. The van der Waals surface area contributed by atoms with Crippen LogP contribution in [0.3, 0.4) is 0 Å². The van der Waals surface area contributed by atoms with E-state index in [1.807, 2.05) is 43.3 Å². The Morgan fingerprint density at radius 3 is 2.41 bits per heavy atom. The first-order chi connectivity index (χ1) is 15.7. The van der Waals surface area contributed by atoms with Crippen LogP contribution in [-0.4, -0.2) is 50.9 Å². The monoisotopic (exact) mass is 458 g/mol. The molecule has 0 aromatic heterocycles. The molecule has 2 aromatic rings. The molecule has 2 rings (SSSR count). The highest BCUT2D eigenvalue weighted by molar-refractivity contribution is 7.80. The number of benzene rings is 2. The third-order valence-corrected chi connectivity index (χ3v) is 5.03. The number of thiol groups is 1. The fourth-order valence-electron chi connectivity index (χ4n) is 2.94. The summed E-state index contributed by atoms with van der Waals surface area (Å²) in [5, 5.41) is 11.7. The Bertz CT molecular complexity index is 827. The van der Waals surface area contributed by atoms with Crippen molar-refractivity contribution in [2.24, 2.45) is 5.92 Å². The molecule has 1 amide bonds. The summed E-state index contributed by atoms with van der Waals surface area (Å²) in [5.74, 6) is 1.79. The van der Waals surface area contributed by atoms with Crippen LogP contribution in [0.15, 0.2) is 54.6 Å². The van der Waals surface area contributed by atoms with E-state index in [9.17, 15) is 4.79 Å². The molecule has 2 unspecified atom stereocenters. The smallest absolute Gasteiger partial charge is 0.251 e. The quantitative estimate of drug-likeness (QED) is 0.238. The van der Waals surface area contributed by atoms with Crippen LogP contribution in [0.5, 0.6) is 11.5 Å². The fourth-order valence-corrected chi connectivity index (χ4v) is 3.19. The molecule has 172 valence electrons. The molecule has 0 aliphatic heterocycles. The summed E-state index contributed by atoms with van der Waals surface area (Å²) >= 11 is 4.37. The van der Waals surface area contributed by atoms with E-state index in [0.717, 1.165) is 5.75 Å². The van der Waals surface area contributed by atoms with Gasteiger partial charge in [0, 0.05) is 12.2 Å². The molecule has 0 aliphatic rings. The lowest BCUT2D eigenvalue weighted by Gasteiger charge is -2.23. The zero-order valence-corrected chi connectivity index (χ0v) is 19.1. The average molecular weight is 459 g/mol. The zero-order valence-electron chi connectivity index (χ0n) is 18.2. The number of nitrogens with zero attached hydrogens (tertiary/aromatic N) is 1. The number of rotatable bonds is 15. The van der Waals surface area contributed by atoms with Crippen molar-refractivity contribution in [1.29, 1.82) is 5.26 Å². The summed E-state index contributed by atoms with van der Waals surface area (Å²) in [7, 11) is 0. The van der Waals surface area contributed by atoms with Gasteiger partial charge in [-0.2, -0.15) is 17.9 Å². The van der Waals surface area contributed by atoms with E-state index in [-0.39, 0.29) is 31.3 Å². The third kappa shape index (κ3) is 9.71. The summed E-state index contributed by atoms with van der Waals surface area (Å²) in [5.41, 5.74) is 0.517. The van der Waals surface area contributed by atoms with Gasteiger partial charge in [-0.15, -0.1) is 0 Å². The van der Waals surface area contributed by atoms with Gasteiger partial charge in [-0.3, -0.25) is 4.79 Å². The van der Waals surface area contributed by atoms with Gasteiger partial charge in [0.05, 0.1) is 25.3 Å². The Labute approximate surface area is 195 Å². The van der Waals surface area contributed by atoms with Crippen LogP contribution in [0.2, 0.25) is 0 Å². The van der Waals surface area contributed by atoms with Gasteiger partial charge in [-0.25, -0.2) is 0 Å². The number of nitrogens with one attached hydrogen (secondary N) is 1. The standard InChI is InChI=1S/C24H30N2O5S/c1-2-28-18-30-16-21(14-19(17-32)15-29-13-12-25)26-24(27)20-8-10-23(11-9-20)31-22-6-4-3-5-7-22/h3-11,19,21,32H,2,13-18H2,1H3,(H,26,27). The van der Waals surface area contributed by atoms with Gasteiger partial charge in [-0.05, 0) is 61.4 Å². The average Bonchev–Trinajstić information content (AvgIpc) is 2.82. The highest BCUT2D eigenvalue weighted by atomic mass is 32.1. The van der Waals surface area contributed by atoms with E-state index in [2.05, 4.69) is 17.9 Å². The molecule has 0 spiro atoms. The molecule has 8 heteroatoms. The first-order valence-corrected chi connectivity index (χ1v) is 11.1. The van der Waals surface area contributed by atoms with Crippen LogP contribution >= 0.6 is 12.6 Å². The molecule has 1 N–H and O–H groups in total. The number of nitriles is 1. The van der Waals surface area contributed by atoms with E-state index in [1.54, 1.807) is 24.3 Å². The van der Waals surface area contributed by atoms with E-state index < -0.39 is 0 Å². The van der Waals surface area contributed by atoms with E-state index in [0.29, 0.717) is 43.3 Å². The Morgan fingerprint density at radius 2 is 1.75 bits per heavy atom. The molecular formula is C24H30N2O5S. The molecule has 0 aliphatic carbocycles. The van der Waals surface area contributed by atoms with Gasteiger partial charge < -0.3 is 24.3 Å². The van der Waals surface area contributed by atoms with E-state index in [4.69, 9.17) is 24.2 Å². The summed E-state index contributed by atoms with van der Waals surface area (Å²) < 4.78 is 21.9. The van der Waals surface area contributed by atoms with Gasteiger partial charge in [0.2, 0.25) is 0 Å². The topological polar surface area (TPSA) is 89.8 Å². The van der Waals surface area contributed by atoms with Crippen molar-refractivity contribution in [2.45, 2.75) is 19.4 Å². The maximum atomic E-state index is 12.8. The highest BCUT2D eigenvalue weighted by Gasteiger charge is 2.19. The number of carbonyl (C=O) groups excluding carboxylic acids is 1. The van der Waals surface area contributed by atoms with Gasteiger partial charge in [-0.1, -0.05) is 18.2 Å². The van der Waals surface area contributed by atoms with Crippen molar-refractivity contribution >= 4 is 18.5 Å². The van der Waals surface area contributed by atoms with Crippen LogP contribution in [-0.2, 0) is 14.2 Å². The third-order valence-electron chi connectivity index (χ3n) is 4.52. The van der Waals surface area contributed by atoms with E-state index >= 15 is 0 Å². The second-order valence-corrected chi connectivity index (χ2v) is 7.41. The summed E-state index contributed by atoms with van der Waals surface area (Å²) in [6.07, 6.45) is 0.599. The van der Waals surface area contributed by atoms with Gasteiger partial charge in [0.1, 0.15) is 24.9 Å². The molecule has 0 fully saturated rings. The lowest BCUT2D eigenvalue weighted by atomic mass is 10.0. The first-order valence-electron chi connectivity index (χ1n) is 10.5. The van der Waals surface area contributed by atoms with Crippen LogP contribution in [0.4, 0.5) is 0 Å². The number of hydrogen-bond acceptors (Lipinski definition) is 7. The highest BCUT2D eigenvalue weighted by Crippen LogP contribution is 2.21. The van der Waals surface area contributed by atoms with Crippen LogP contribution in [0.25, 0.3) is 0 Å². The molecule has 0 heterocycles. The second-order valence-electron chi connectivity index (χ2n) is 7.05. The molecule has 0 saturated heterocycles. The molecular weight excluding hydrogens is 428 g/mol. The number of ether oxygens (including phenoxy) is 4. The van der Waals surface area contributed by atoms with Gasteiger partial charge in [0.15, 0.2) is 0 Å². The number of para-hydroxylation sites is 1. The summed E-state index contributed by atoms with van der Waals surface area (Å²) in [6.45, 7) is 3.31. The number of amides is 1. The molecule has 0 radical (unpaired) electrons.